The van der Waals surface area contributed by atoms with Crippen LogP contribution in [0.2, 0.25) is 0 Å². The summed E-state index contributed by atoms with van der Waals surface area (Å²) in [5.41, 5.74) is 7.25. The van der Waals surface area contributed by atoms with Crippen molar-refractivity contribution in [2.24, 2.45) is 5.73 Å². The van der Waals surface area contributed by atoms with E-state index >= 15 is 0 Å². The second-order valence-electron chi connectivity index (χ2n) is 3.97. The highest BCUT2D eigenvalue weighted by Gasteiger charge is 2.17. The lowest BCUT2D eigenvalue weighted by Crippen LogP contribution is -2.29. The number of thiophene rings is 2. The van der Waals surface area contributed by atoms with Crippen LogP contribution >= 0.6 is 38.6 Å². The molecule has 0 aromatic carbocycles. The molecule has 92 valence electrons. The quantitative estimate of drug-likeness (QED) is 0.905. The van der Waals surface area contributed by atoms with E-state index in [2.05, 4.69) is 56.2 Å². The first-order valence-electron chi connectivity index (χ1n) is 5.36. The minimum Gasteiger partial charge on any atom is -0.329 e. The summed E-state index contributed by atoms with van der Waals surface area (Å²) in [6.45, 7) is 1.59. The largest absolute Gasteiger partial charge is 0.329 e. The molecule has 0 fully saturated rings. The molecule has 2 aromatic heterocycles. The van der Waals surface area contributed by atoms with E-state index in [0.717, 1.165) is 11.0 Å². The molecule has 0 aliphatic heterocycles. The number of nitrogens with zero attached hydrogens (tertiary/aromatic N) is 1. The molecule has 1 unspecified atom stereocenters. The number of hydrogen-bond acceptors (Lipinski definition) is 4. The van der Waals surface area contributed by atoms with Gasteiger partial charge in [0.15, 0.2) is 0 Å². The summed E-state index contributed by atoms with van der Waals surface area (Å²) in [5.74, 6) is 0. The fraction of sp³-hybridized carbons (Fsp3) is 0.333. The molecule has 0 bridgehead atoms. The normalized spacial score (nSPS) is 13.2. The molecular formula is C12H15BrN2S2. The topological polar surface area (TPSA) is 29.3 Å². The van der Waals surface area contributed by atoms with Crippen molar-refractivity contribution in [2.45, 2.75) is 12.6 Å². The minimum atomic E-state index is 0.297. The van der Waals surface area contributed by atoms with Crippen molar-refractivity contribution in [2.75, 3.05) is 13.6 Å². The standard InChI is InChI=1S/C12H15BrN2S2/c1-15(6-9-2-3-16-7-9)11(5-14)12-4-10(13)8-17-12/h2-4,7-8,11H,5-6,14H2,1H3. The Hall–Kier alpha value is -0.200. The van der Waals surface area contributed by atoms with Gasteiger partial charge in [0, 0.05) is 27.8 Å². The molecule has 0 saturated carbocycles. The first-order chi connectivity index (χ1) is 8.20. The molecule has 0 radical (unpaired) electrons. The number of likely N-dealkylation sites (N-methyl/N-ethyl adjacent to an activating group) is 1. The lowest BCUT2D eigenvalue weighted by atomic mass is 10.2. The zero-order valence-electron chi connectivity index (χ0n) is 9.60. The van der Waals surface area contributed by atoms with Crippen molar-refractivity contribution >= 4 is 38.6 Å². The fourth-order valence-corrected chi connectivity index (χ4v) is 4.08. The van der Waals surface area contributed by atoms with Gasteiger partial charge >= 0.3 is 0 Å². The van der Waals surface area contributed by atoms with Gasteiger partial charge in [-0.25, -0.2) is 0 Å². The summed E-state index contributed by atoms with van der Waals surface area (Å²) < 4.78 is 1.14. The molecule has 2 nitrogen and oxygen atoms in total. The monoisotopic (exact) mass is 330 g/mol. The van der Waals surface area contributed by atoms with E-state index in [-0.39, 0.29) is 0 Å². The third-order valence-electron chi connectivity index (χ3n) is 2.68. The SMILES string of the molecule is CN(Cc1ccsc1)C(CN)c1cc(Br)cs1. The van der Waals surface area contributed by atoms with Gasteiger partial charge in [0.25, 0.3) is 0 Å². The Labute approximate surface area is 118 Å². The number of rotatable bonds is 5. The molecule has 0 aliphatic rings. The zero-order valence-corrected chi connectivity index (χ0v) is 12.8. The first-order valence-corrected chi connectivity index (χ1v) is 7.97. The van der Waals surface area contributed by atoms with Gasteiger partial charge in [0.2, 0.25) is 0 Å². The van der Waals surface area contributed by atoms with Crippen LogP contribution in [0.3, 0.4) is 0 Å². The Morgan fingerprint density at radius 2 is 2.29 bits per heavy atom. The maximum atomic E-state index is 5.90. The van der Waals surface area contributed by atoms with E-state index < -0.39 is 0 Å². The predicted octanol–water partition coefficient (Wildman–Crippen LogP) is 3.70. The third-order valence-corrected chi connectivity index (χ3v) is 5.21. The molecule has 2 N–H and O–H groups in total. The lowest BCUT2D eigenvalue weighted by Gasteiger charge is -2.25. The Bertz CT molecular complexity index is 453. The van der Waals surface area contributed by atoms with Crippen LogP contribution in [0.1, 0.15) is 16.5 Å². The summed E-state index contributed by atoms with van der Waals surface area (Å²) in [4.78, 5) is 3.62. The second kappa shape index (κ2) is 6.11. The highest BCUT2D eigenvalue weighted by Crippen LogP contribution is 2.29. The Morgan fingerprint density at radius 1 is 1.47 bits per heavy atom. The van der Waals surface area contributed by atoms with Crippen LogP contribution in [0.4, 0.5) is 0 Å². The van der Waals surface area contributed by atoms with Gasteiger partial charge in [-0.2, -0.15) is 11.3 Å². The maximum absolute atomic E-state index is 5.90. The van der Waals surface area contributed by atoms with Crippen molar-refractivity contribution < 1.29 is 0 Å². The fourth-order valence-electron chi connectivity index (χ4n) is 1.80. The van der Waals surface area contributed by atoms with Crippen molar-refractivity contribution in [3.8, 4) is 0 Å². The van der Waals surface area contributed by atoms with E-state index in [1.807, 2.05) is 0 Å². The van der Waals surface area contributed by atoms with Crippen molar-refractivity contribution in [3.63, 3.8) is 0 Å². The highest BCUT2D eigenvalue weighted by molar-refractivity contribution is 9.10. The van der Waals surface area contributed by atoms with E-state index in [4.69, 9.17) is 5.73 Å². The Balaban J connectivity index is 2.07. The summed E-state index contributed by atoms with van der Waals surface area (Å²) >= 11 is 6.99. The smallest absolute Gasteiger partial charge is 0.0565 e. The molecule has 17 heavy (non-hydrogen) atoms. The minimum absolute atomic E-state index is 0.297. The van der Waals surface area contributed by atoms with Gasteiger partial charge in [-0.3, -0.25) is 4.90 Å². The molecule has 0 amide bonds. The Morgan fingerprint density at radius 3 is 2.82 bits per heavy atom. The van der Waals surface area contributed by atoms with Crippen LogP contribution < -0.4 is 5.73 Å². The van der Waals surface area contributed by atoms with Crippen LogP contribution in [0, 0.1) is 0 Å². The Kier molecular flexibility index (Phi) is 4.76. The molecule has 5 heteroatoms. The highest BCUT2D eigenvalue weighted by atomic mass is 79.9. The first kappa shape index (κ1) is 13.2. The number of halogens is 1. The van der Waals surface area contributed by atoms with Gasteiger partial charge in [0.1, 0.15) is 0 Å². The van der Waals surface area contributed by atoms with E-state index in [1.165, 1.54) is 10.4 Å². The van der Waals surface area contributed by atoms with Crippen LogP contribution in [0.15, 0.2) is 32.7 Å². The van der Waals surface area contributed by atoms with Crippen LogP contribution in [-0.4, -0.2) is 18.5 Å². The third kappa shape index (κ3) is 3.39. The summed E-state index contributed by atoms with van der Waals surface area (Å²) in [6.07, 6.45) is 0. The maximum Gasteiger partial charge on any atom is 0.0565 e. The molecule has 0 saturated heterocycles. The van der Waals surface area contributed by atoms with Crippen molar-refractivity contribution in [1.29, 1.82) is 0 Å². The molecule has 0 aliphatic carbocycles. The average Bonchev–Trinajstić information content (AvgIpc) is 2.91. The van der Waals surface area contributed by atoms with Gasteiger partial charge in [-0.05, 0) is 51.4 Å². The summed E-state index contributed by atoms with van der Waals surface area (Å²) in [6, 6.07) is 4.62. The zero-order chi connectivity index (χ0) is 12.3. The van der Waals surface area contributed by atoms with Crippen LogP contribution in [0.25, 0.3) is 0 Å². The predicted molar refractivity (Wildman–Crippen MR) is 79.6 cm³/mol. The molecule has 2 aromatic rings. The summed E-state index contributed by atoms with van der Waals surface area (Å²) in [5, 5.41) is 6.41. The van der Waals surface area contributed by atoms with Crippen LogP contribution in [0.5, 0.6) is 0 Å². The van der Waals surface area contributed by atoms with E-state index in [9.17, 15) is 0 Å². The van der Waals surface area contributed by atoms with E-state index in [0.29, 0.717) is 12.6 Å². The average molecular weight is 331 g/mol. The van der Waals surface area contributed by atoms with Gasteiger partial charge in [0.05, 0.1) is 6.04 Å². The van der Waals surface area contributed by atoms with E-state index in [1.54, 1.807) is 22.7 Å². The number of hydrogen-bond donors (Lipinski definition) is 1. The molecule has 2 heterocycles. The molecular weight excluding hydrogens is 316 g/mol. The molecule has 0 spiro atoms. The van der Waals surface area contributed by atoms with Crippen molar-refractivity contribution in [3.05, 3.63) is 43.2 Å². The van der Waals surface area contributed by atoms with Gasteiger partial charge in [-0.1, -0.05) is 0 Å². The van der Waals surface area contributed by atoms with Gasteiger partial charge in [-0.15, -0.1) is 11.3 Å². The van der Waals surface area contributed by atoms with Crippen molar-refractivity contribution in [1.82, 2.24) is 4.90 Å². The van der Waals surface area contributed by atoms with Crippen LogP contribution in [-0.2, 0) is 6.54 Å². The molecule has 2 rings (SSSR count). The number of nitrogens with two attached hydrogens (primary N) is 1. The van der Waals surface area contributed by atoms with Gasteiger partial charge < -0.3 is 5.73 Å². The lowest BCUT2D eigenvalue weighted by molar-refractivity contribution is 0.245. The second-order valence-corrected chi connectivity index (χ2v) is 6.60. The molecule has 1 atom stereocenters. The summed E-state index contributed by atoms with van der Waals surface area (Å²) in [7, 11) is 2.13.